The number of aldehydes is 1. The molecule has 0 heterocycles. The molecule has 17 heavy (non-hydrogen) atoms. The summed E-state index contributed by atoms with van der Waals surface area (Å²) in [5.41, 5.74) is 2.79. The molecule has 0 unspecified atom stereocenters. The summed E-state index contributed by atoms with van der Waals surface area (Å²) in [5.74, 6) is -1.74. The van der Waals surface area contributed by atoms with Crippen LogP contribution in [0.1, 0.15) is 15.9 Å². The Balaban J connectivity index is 2.52. The first kappa shape index (κ1) is 11.5. The zero-order chi connectivity index (χ0) is 12.4. The maximum atomic E-state index is 13.1. The SMILES string of the molecule is Cc1cc(C=O)ccc1-c1ccc(F)c(F)c1. The van der Waals surface area contributed by atoms with Crippen LogP contribution in [0.5, 0.6) is 0 Å². The average molecular weight is 232 g/mol. The number of hydrogen-bond donors (Lipinski definition) is 0. The quantitative estimate of drug-likeness (QED) is 0.720. The molecule has 1 nitrogen and oxygen atoms in total. The van der Waals surface area contributed by atoms with E-state index in [1.165, 1.54) is 6.07 Å². The van der Waals surface area contributed by atoms with Gasteiger partial charge in [-0.2, -0.15) is 0 Å². The van der Waals surface area contributed by atoms with Crippen LogP contribution in [0.25, 0.3) is 11.1 Å². The van der Waals surface area contributed by atoms with Gasteiger partial charge in [0.25, 0.3) is 0 Å². The number of carbonyl (C=O) groups excluding carboxylic acids is 1. The molecular weight excluding hydrogens is 222 g/mol. The van der Waals surface area contributed by atoms with Crippen LogP contribution in [0.3, 0.4) is 0 Å². The molecule has 3 heteroatoms. The molecule has 0 atom stereocenters. The van der Waals surface area contributed by atoms with Gasteiger partial charge >= 0.3 is 0 Å². The van der Waals surface area contributed by atoms with Crippen molar-refractivity contribution in [3.63, 3.8) is 0 Å². The van der Waals surface area contributed by atoms with Crippen molar-refractivity contribution in [3.05, 3.63) is 59.2 Å². The highest BCUT2D eigenvalue weighted by molar-refractivity contribution is 5.78. The number of benzene rings is 2. The Morgan fingerprint density at radius 1 is 1.00 bits per heavy atom. The summed E-state index contributed by atoms with van der Waals surface area (Å²) in [6, 6.07) is 8.85. The van der Waals surface area contributed by atoms with E-state index in [0.717, 1.165) is 29.5 Å². The predicted octanol–water partition coefficient (Wildman–Crippen LogP) is 3.75. The van der Waals surface area contributed by atoms with Crippen molar-refractivity contribution in [1.82, 2.24) is 0 Å². The third-order valence-corrected chi connectivity index (χ3v) is 2.62. The Morgan fingerprint density at radius 3 is 2.35 bits per heavy atom. The van der Waals surface area contributed by atoms with Crippen LogP contribution in [-0.4, -0.2) is 6.29 Å². The smallest absolute Gasteiger partial charge is 0.159 e. The standard InChI is InChI=1S/C14H10F2O/c1-9-6-10(8-17)2-4-12(9)11-3-5-13(15)14(16)7-11/h2-8H,1H3. The molecule has 2 rings (SSSR count). The second kappa shape index (κ2) is 4.45. The van der Waals surface area contributed by atoms with Crippen molar-refractivity contribution < 1.29 is 13.6 Å². The van der Waals surface area contributed by atoms with Crippen LogP contribution >= 0.6 is 0 Å². The van der Waals surface area contributed by atoms with Gasteiger partial charge in [0, 0.05) is 5.56 Å². The number of halogens is 2. The first-order valence-electron chi connectivity index (χ1n) is 5.13. The van der Waals surface area contributed by atoms with Crippen molar-refractivity contribution in [2.45, 2.75) is 6.92 Å². The molecule has 2 aromatic carbocycles. The molecule has 0 saturated heterocycles. The molecule has 0 fully saturated rings. The zero-order valence-corrected chi connectivity index (χ0v) is 9.21. The lowest BCUT2D eigenvalue weighted by Crippen LogP contribution is -1.89. The van der Waals surface area contributed by atoms with Crippen molar-refractivity contribution in [2.75, 3.05) is 0 Å². The van der Waals surface area contributed by atoms with Gasteiger partial charge in [0.05, 0.1) is 0 Å². The topological polar surface area (TPSA) is 17.1 Å². The van der Waals surface area contributed by atoms with Gasteiger partial charge in [-0.05, 0) is 41.8 Å². The lowest BCUT2D eigenvalue weighted by Gasteiger charge is -2.07. The molecule has 0 aliphatic carbocycles. The van der Waals surface area contributed by atoms with Crippen LogP contribution in [0.2, 0.25) is 0 Å². The highest BCUT2D eigenvalue weighted by atomic mass is 19.2. The Labute approximate surface area is 97.7 Å². The van der Waals surface area contributed by atoms with Crippen molar-refractivity contribution in [3.8, 4) is 11.1 Å². The largest absolute Gasteiger partial charge is 0.298 e. The highest BCUT2D eigenvalue weighted by Gasteiger charge is 2.07. The Hall–Kier alpha value is -2.03. The van der Waals surface area contributed by atoms with E-state index >= 15 is 0 Å². The summed E-state index contributed by atoms with van der Waals surface area (Å²) in [4.78, 5) is 10.6. The first-order valence-corrected chi connectivity index (χ1v) is 5.13. The molecule has 0 aliphatic heterocycles. The van der Waals surface area contributed by atoms with Crippen LogP contribution in [0, 0.1) is 18.6 Å². The molecule has 0 aliphatic rings. The molecule has 0 bridgehead atoms. The van der Waals surface area contributed by atoms with Crippen molar-refractivity contribution in [2.24, 2.45) is 0 Å². The molecule has 0 spiro atoms. The summed E-state index contributed by atoms with van der Waals surface area (Å²) >= 11 is 0. The first-order chi connectivity index (χ1) is 8.11. The van der Waals surface area contributed by atoms with E-state index in [2.05, 4.69) is 0 Å². The van der Waals surface area contributed by atoms with Crippen LogP contribution in [0.4, 0.5) is 8.78 Å². The van der Waals surface area contributed by atoms with E-state index in [4.69, 9.17) is 0 Å². The second-order valence-corrected chi connectivity index (χ2v) is 3.82. The monoisotopic (exact) mass is 232 g/mol. The molecule has 0 radical (unpaired) electrons. The lowest BCUT2D eigenvalue weighted by atomic mass is 9.98. The highest BCUT2D eigenvalue weighted by Crippen LogP contribution is 2.25. The molecule has 2 aromatic rings. The fourth-order valence-corrected chi connectivity index (χ4v) is 1.75. The summed E-state index contributed by atoms with van der Waals surface area (Å²) in [6.45, 7) is 1.82. The summed E-state index contributed by atoms with van der Waals surface area (Å²) < 4.78 is 25.9. The van der Waals surface area contributed by atoms with Crippen molar-refractivity contribution in [1.29, 1.82) is 0 Å². The predicted molar refractivity (Wildman–Crippen MR) is 61.9 cm³/mol. The van der Waals surface area contributed by atoms with Gasteiger partial charge < -0.3 is 0 Å². The van der Waals surface area contributed by atoms with Gasteiger partial charge in [0.1, 0.15) is 6.29 Å². The van der Waals surface area contributed by atoms with Gasteiger partial charge in [-0.1, -0.05) is 18.2 Å². The fourth-order valence-electron chi connectivity index (χ4n) is 1.75. The number of aryl methyl sites for hydroxylation is 1. The van der Waals surface area contributed by atoms with E-state index < -0.39 is 11.6 Å². The van der Waals surface area contributed by atoms with Gasteiger partial charge in [-0.3, -0.25) is 4.79 Å². The Kier molecular flexibility index (Phi) is 3.00. The van der Waals surface area contributed by atoms with Gasteiger partial charge in [-0.25, -0.2) is 8.78 Å². The third kappa shape index (κ3) is 2.23. The normalized spacial score (nSPS) is 10.3. The molecule has 0 N–H and O–H groups in total. The molecular formula is C14H10F2O. The summed E-state index contributed by atoms with van der Waals surface area (Å²) in [6.07, 6.45) is 0.752. The van der Waals surface area contributed by atoms with E-state index in [1.54, 1.807) is 18.2 Å². The van der Waals surface area contributed by atoms with Crippen molar-refractivity contribution >= 4 is 6.29 Å². The molecule has 86 valence electrons. The van der Waals surface area contributed by atoms with Gasteiger partial charge in [0.2, 0.25) is 0 Å². The minimum atomic E-state index is -0.874. The average Bonchev–Trinajstić information content (AvgIpc) is 2.32. The lowest BCUT2D eigenvalue weighted by molar-refractivity contribution is 0.112. The van der Waals surface area contributed by atoms with Gasteiger partial charge in [0.15, 0.2) is 11.6 Å². The molecule has 0 saturated carbocycles. The van der Waals surface area contributed by atoms with E-state index in [0.29, 0.717) is 11.1 Å². The molecule has 0 aromatic heterocycles. The minimum absolute atomic E-state index is 0.564. The van der Waals surface area contributed by atoms with Gasteiger partial charge in [-0.15, -0.1) is 0 Å². The summed E-state index contributed by atoms with van der Waals surface area (Å²) in [7, 11) is 0. The Morgan fingerprint density at radius 2 is 1.76 bits per heavy atom. The second-order valence-electron chi connectivity index (χ2n) is 3.82. The zero-order valence-electron chi connectivity index (χ0n) is 9.21. The minimum Gasteiger partial charge on any atom is -0.298 e. The molecule has 0 amide bonds. The maximum Gasteiger partial charge on any atom is 0.159 e. The van der Waals surface area contributed by atoms with E-state index in [1.807, 2.05) is 6.92 Å². The number of rotatable bonds is 2. The number of hydrogen-bond acceptors (Lipinski definition) is 1. The fraction of sp³-hybridized carbons (Fsp3) is 0.0714. The third-order valence-electron chi connectivity index (χ3n) is 2.62. The van der Waals surface area contributed by atoms with Crippen LogP contribution < -0.4 is 0 Å². The van der Waals surface area contributed by atoms with Crippen LogP contribution in [0.15, 0.2) is 36.4 Å². The maximum absolute atomic E-state index is 13.1. The van der Waals surface area contributed by atoms with E-state index in [9.17, 15) is 13.6 Å². The van der Waals surface area contributed by atoms with Crippen LogP contribution in [-0.2, 0) is 0 Å². The van der Waals surface area contributed by atoms with E-state index in [-0.39, 0.29) is 0 Å². The number of carbonyl (C=O) groups is 1. The Bertz CT molecular complexity index is 576. The summed E-state index contributed by atoms with van der Waals surface area (Å²) in [5, 5.41) is 0.